The molecule has 20 heavy (non-hydrogen) atoms. The van der Waals surface area contributed by atoms with Crippen LogP contribution in [0.5, 0.6) is 0 Å². The van der Waals surface area contributed by atoms with Gasteiger partial charge in [-0.2, -0.15) is 0 Å². The average molecular weight is 470 g/mol. The molecule has 1 aromatic heterocycles. The summed E-state index contributed by atoms with van der Waals surface area (Å²) in [6.45, 7) is 6.20. The molecule has 0 bridgehead atoms. The van der Waals surface area contributed by atoms with E-state index < -0.39 is 0 Å². The summed E-state index contributed by atoms with van der Waals surface area (Å²) in [7, 11) is 0. The lowest BCUT2D eigenvalue weighted by molar-refractivity contribution is 0.563. The van der Waals surface area contributed by atoms with Crippen molar-refractivity contribution in [1.82, 2.24) is 9.97 Å². The van der Waals surface area contributed by atoms with Crippen molar-refractivity contribution in [3.8, 4) is 11.4 Å². The van der Waals surface area contributed by atoms with Crippen molar-refractivity contribution in [1.29, 1.82) is 0 Å². The van der Waals surface area contributed by atoms with Crippen LogP contribution in [0.15, 0.2) is 22.7 Å². The molecule has 0 aliphatic rings. The molecule has 2 rings (SSSR count). The monoisotopic (exact) mass is 468 g/mol. The normalized spacial score (nSPS) is 11.8. The predicted octanol–water partition coefficient (Wildman–Crippen LogP) is 5.60. The summed E-state index contributed by atoms with van der Waals surface area (Å²) in [4.78, 5) is 8.91. The van der Waals surface area contributed by atoms with Crippen LogP contribution >= 0.6 is 50.1 Å². The molecule has 0 radical (unpaired) electrons. The third-order valence-electron chi connectivity index (χ3n) is 2.69. The molecule has 0 aliphatic carbocycles. The van der Waals surface area contributed by atoms with Crippen LogP contribution in [0.3, 0.4) is 0 Å². The van der Waals surface area contributed by atoms with Crippen molar-refractivity contribution in [2.24, 2.45) is 0 Å². The zero-order chi connectivity index (χ0) is 15.1. The van der Waals surface area contributed by atoms with E-state index in [0.717, 1.165) is 14.8 Å². The SMILES string of the molecule is CC(C)(C)c1nc(-c2ccc(F)cc2Br)nc(Cl)c1I. The summed E-state index contributed by atoms with van der Waals surface area (Å²) in [6, 6.07) is 4.41. The molecule has 2 nitrogen and oxygen atoms in total. The second-order valence-corrected chi connectivity index (χ2v) is 7.67. The Morgan fingerprint density at radius 3 is 2.45 bits per heavy atom. The second kappa shape index (κ2) is 5.85. The Hall–Kier alpha value is -0.270. The molecule has 6 heteroatoms. The summed E-state index contributed by atoms with van der Waals surface area (Å²) >= 11 is 11.7. The molecule has 1 aromatic carbocycles. The molecular formula is C14H12BrClFIN2. The highest BCUT2D eigenvalue weighted by molar-refractivity contribution is 14.1. The zero-order valence-corrected chi connectivity index (χ0v) is 15.6. The summed E-state index contributed by atoms with van der Waals surface area (Å²) in [5.74, 6) is 0.181. The number of halogens is 4. The number of hydrogen-bond donors (Lipinski definition) is 0. The van der Waals surface area contributed by atoms with E-state index >= 15 is 0 Å². The Balaban J connectivity index is 2.67. The zero-order valence-electron chi connectivity index (χ0n) is 11.1. The summed E-state index contributed by atoms with van der Waals surface area (Å²) in [6.07, 6.45) is 0. The van der Waals surface area contributed by atoms with Gasteiger partial charge in [0, 0.05) is 15.5 Å². The standard InChI is InChI=1S/C14H12BrClFIN2/c1-14(2,3)11-10(18)12(16)20-13(19-11)8-5-4-7(17)6-9(8)15/h4-6H,1-3H3. The van der Waals surface area contributed by atoms with Gasteiger partial charge in [-0.15, -0.1) is 0 Å². The van der Waals surface area contributed by atoms with Crippen molar-refractivity contribution < 1.29 is 4.39 Å². The maximum atomic E-state index is 13.2. The molecule has 0 atom stereocenters. The molecule has 0 aliphatic heterocycles. The van der Waals surface area contributed by atoms with Crippen LogP contribution in [-0.2, 0) is 5.41 Å². The number of nitrogens with zero attached hydrogens (tertiary/aromatic N) is 2. The molecule has 2 aromatic rings. The van der Waals surface area contributed by atoms with Crippen molar-refractivity contribution in [2.45, 2.75) is 26.2 Å². The number of rotatable bonds is 1. The lowest BCUT2D eigenvalue weighted by Crippen LogP contribution is -2.17. The lowest BCUT2D eigenvalue weighted by atomic mass is 9.92. The van der Waals surface area contributed by atoms with Gasteiger partial charge in [-0.1, -0.05) is 32.4 Å². The predicted molar refractivity (Wildman–Crippen MR) is 91.6 cm³/mol. The summed E-state index contributed by atoms with van der Waals surface area (Å²) in [5.41, 5.74) is 1.45. The Morgan fingerprint density at radius 2 is 1.90 bits per heavy atom. The van der Waals surface area contributed by atoms with E-state index in [9.17, 15) is 4.39 Å². The Labute approximate surface area is 144 Å². The van der Waals surface area contributed by atoms with Crippen molar-refractivity contribution in [3.05, 3.63) is 42.9 Å². The van der Waals surface area contributed by atoms with Crippen LogP contribution in [0.25, 0.3) is 11.4 Å². The Bertz CT molecular complexity index is 671. The first-order valence-electron chi connectivity index (χ1n) is 5.89. The van der Waals surface area contributed by atoms with Crippen LogP contribution < -0.4 is 0 Å². The third-order valence-corrected chi connectivity index (χ3v) is 4.96. The third kappa shape index (κ3) is 3.31. The summed E-state index contributed by atoms with van der Waals surface area (Å²) in [5, 5.41) is 0.414. The minimum absolute atomic E-state index is 0.148. The molecule has 106 valence electrons. The number of hydrogen-bond acceptors (Lipinski definition) is 2. The Kier molecular flexibility index (Phi) is 4.71. The van der Waals surface area contributed by atoms with Gasteiger partial charge >= 0.3 is 0 Å². The highest BCUT2D eigenvalue weighted by atomic mass is 127. The second-order valence-electron chi connectivity index (χ2n) is 5.37. The maximum absolute atomic E-state index is 13.2. The van der Waals surface area contributed by atoms with Gasteiger partial charge in [0.15, 0.2) is 5.82 Å². The molecule has 0 saturated heterocycles. The van der Waals surface area contributed by atoms with E-state index in [0.29, 0.717) is 15.5 Å². The highest BCUT2D eigenvalue weighted by Gasteiger charge is 2.23. The maximum Gasteiger partial charge on any atom is 0.162 e. The van der Waals surface area contributed by atoms with Gasteiger partial charge in [0.25, 0.3) is 0 Å². The minimum Gasteiger partial charge on any atom is -0.231 e. The average Bonchev–Trinajstić information content (AvgIpc) is 2.31. The van der Waals surface area contributed by atoms with Crippen molar-refractivity contribution in [3.63, 3.8) is 0 Å². The molecule has 0 fully saturated rings. The first-order chi connectivity index (χ1) is 9.20. The van der Waals surface area contributed by atoms with Gasteiger partial charge in [0.1, 0.15) is 11.0 Å². The van der Waals surface area contributed by atoms with Gasteiger partial charge in [-0.25, -0.2) is 14.4 Å². The van der Waals surface area contributed by atoms with E-state index in [2.05, 4.69) is 69.3 Å². The van der Waals surface area contributed by atoms with E-state index in [4.69, 9.17) is 11.6 Å². The highest BCUT2D eigenvalue weighted by Crippen LogP contribution is 2.33. The van der Waals surface area contributed by atoms with E-state index in [1.54, 1.807) is 6.07 Å². The van der Waals surface area contributed by atoms with Gasteiger partial charge in [0.05, 0.1) is 9.26 Å². The first-order valence-corrected chi connectivity index (χ1v) is 8.14. The van der Waals surface area contributed by atoms with E-state index in [-0.39, 0.29) is 11.2 Å². The molecule has 0 spiro atoms. The quantitative estimate of drug-likeness (QED) is 0.401. The van der Waals surface area contributed by atoms with Crippen molar-refractivity contribution >= 4 is 50.1 Å². The van der Waals surface area contributed by atoms with E-state index in [1.807, 2.05) is 0 Å². The molecule has 1 heterocycles. The van der Waals surface area contributed by atoms with Crippen LogP contribution in [-0.4, -0.2) is 9.97 Å². The fourth-order valence-electron chi connectivity index (χ4n) is 1.71. The molecule has 0 N–H and O–H groups in total. The van der Waals surface area contributed by atoms with Crippen LogP contribution in [0.4, 0.5) is 4.39 Å². The van der Waals surface area contributed by atoms with Gasteiger partial charge < -0.3 is 0 Å². The molecular weight excluding hydrogens is 457 g/mol. The molecule has 0 saturated carbocycles. The smallest absolute Gasteiger partial charge is 0.162 e. The van der Waals surface area contributed by atoms with Crippen LogP contribution in [0.1, 0.15) is 26.5 Å². The topological polar surface area (TPSA) is 25.8 Å². The molecule has 0 amide bonds. The van der Waals surface area contributed by atoms with Crippen molar-refractivity contribution in [2.75, 3.05) is 0 Å². The van der Waals surface area contributed by atoms with E-state index in [1.165, 1.54) is 12.1 Å². The lowest BCUT2D eigenvalue weighted by Gasteiger charge is -2.20. The molecule has 0 unspecified atom stereocenters. The summed E-state index contributed by atoms with van der Waals surface area (Å²) < 4.78 is 14.6. The van der Waals surface area contributed by atoms with Gasteiger partial charge in [0.2, 0.25) is 0 Å². The van der Waals surface area contributed by atoms with Crippen LogP contribution in [0, 0.1) is 9.39 Å². The van der Waals surface area contributed by atoms with Gasteiger partial charge in [-0.3, -0.25) is 0 Å². The largest absolute Gasteiger partial charge is 0.231 e. The Morgan fingerprint density at radius 1 is 1.25 bits per heavy atom. The van der Waals surface area contributed by atoms with Crippen LogP contribution in [0.2, 0.25) is 5.15 Å². The fraction of sp³-hybridized carbons (Fsp3) is 0.286. The minimum atomic E-state index is -0.312. The first kappa shape index (κ1) is 16.1. The fourth-order valence-corrected chi connectivity index (χ4v) is 3.46. The number of aromatic nitrogens is 2. The van der Waals surface area contributed by atoms with Gasteiger partial charge in [-0.05, 0) is 56.7 Å². The number of benzene rings is 1.